The van der Waals surface area contributed by atoms with E-state index in [1.54, 1.807) is 0 Å². The van der Waals surface area contributed by atoms with E-state index in [-0.39, 0.29) is 0 Å². The summed E-state index contributed by atoms with van der Waals surface area (Å²) in [5, 5.41) is 3.16. The first-order chi connectivity index (χ1) is 8.33. The molecule has 1 fully saturated rings. The zero-order valence-corrected chi connectivity index (χ0v) is 10.8. The van der Waals surface area contributed by atoms with Crippen LogP contribution in [-0.4, -0.2) is 34.0 Å². The van der Waals surface area contributed by atoms with Gasteiger partial charge in [-0.1, -0.05) is 6.92 Å². The van der Waals surface area contributed by atoms with E-state index in [2.05, 4.69) is 34.0 Å². The third-order valence-electron chi connectivity index (χ3n) is 3.38. The van der Waals surface area contributed by atoms with Gasteiger partial charge in [-0.3, -0.25) is 4.90 Å². The predicted molar refractivity (Wildman–Crippen MR) is 69.9 cm³/mol. The molecule has 1 aromatic rings. The van der Waals surface area contributed by atoms with E-state index in [9.17, 15) is 0 Å². The van der Waals surface area contributed by atoms with Crippen molar-refractivity contribution in [2.45, 2.75) is 45.7 Å². The second kappa shape index (κ2) is 5.96. The number of likely N-dealkylation sites (tertiary alicyclic amines) is 1. The summed E-state index contributed by atoms with van der Waals surface area (Å²) in [4.78, 5) is 11.3. The number of aromatic nitrogens is 2. The lowest BCUT2D eigenvalue weighted by Crippen LogP contribution is -2.28. The Morgan fingerprint density at radius 3 is 3.12 bits per heavy atom. The van der Waals surface area contributed by atoms with Gasteiger partial charge < -0.3 is 5.32 Å². The highest BCUT2D eigenvalue weighted by molar-refractivity contribution is 5.24. The molecule has 0 spiro atoms. The lowest BCUT2D eigenvalue weighted by atomic mass is 10.2. The van der Waals surface area contributed by atoms with Crippen molar-refractivity contribution in [1.82, 2.24) is 14.9 Å². The molecule has 1 aliphatic rings. The van der Waals surface area contributed by atoms with Gasteiger partial charge in [0.15, 0.2) is 0 Å². The Kier molecular flexibility index (Phi) is 4.31. The predicted octanol–water partition coefficient (Wildman–Crippen LogP) is 2.28. The van der Waals surface area contributed by atoms with Crippen LogP contribution in [-0.2, 0) is 6.54 Å². The second-order valence-electron chi connectivity index (χ2n) is 4.58. The zero-order valence-electron chi connectivity index (χ0n) is 10.8. The monoisotopic (exact) mass is 234 g/mol. The molecule has 94 valence electrons. The standard InChI is InChI=1S/C13H22N4/c1-3-12-6-5-9-17(12)10-11-7-8-15-13(16-11)14-4-2/h7-8,12H,3-6,9-10H2,1-2H3,(H,14,15,16). The van der Waals surface area contributed by atoms with Gasteiger partial charge in [0.05, 0.1) is 5.69 Å². The summed E-state index contributed by atoms with van der Waals surface area (Å²) in [7, 11) is 0. The molecule has 0 aliphatic carbocycles. The maximum atomic E-state index is 4.53. The first-order valence-electron chi connectivity index (χ1n) is 6.63. The minimum Gasteiger partial charge on any atom is -0.354 e. The Labute approximate surface area is 103 Å². The van der Waals surface area contributed by atoms with Gasteiger partial charge in [-0.15, -0.1) is 0 Å². The molecule has 4 heteroatoms. The van der Waals surface area contributed by atoms with Crippen LogP contribution in [0, 0.1) is 0 Å². The second-order valence-corrected chi connectivity index (χ2v) is 4.58. The molecule has 1 N–H and O–H groups in total. The van der Waals surface area contributed by atoms with Gasteiger partial charge in [-0.2, -0.15) is 0 Å². The lowest BCUT2D eigenvalue weighted by Gasteiger charge is -2.22. The highest BCUT2D eigenvalue weighted by Crippen LogP contribution is 2.21. The van der Waals surface area contributed by atoms with Crippen LogP contribution in [0.25, 0.3) is 0 Å². The van der Waals surface area contributed by atoms with Gasteiger partial charge in [-0.25, -0.2) is 9.97 Å². The third-order valence-corrected chi connectivity index (χ3v) is 3.38. The number of anilines is 1. The molecule has 0 saturated carbocycles. The van der Waals surface area contributed by atoms with E-state index in [1.165, 1.54) is 25.8 Å². The lowest BCUT2D eigenvalue weighted by molar-refractivity contribution is 0.237. The van der Waals surface area contributed by atoms with Gasteiger partial charge in [-0.05, 0) is 38.8 Å². The van der Waals surface area contributed by atoms with Crippen molar-refractivity contribution in [2.24, 2.45) is 0 Å². The van der Waals surface area contributed by atoms with E-state index in [0.29, 0.717) is 0 Å². The molecule has 0 amide bonds. The molecular formula is C13H22N4. The van der Waals surface area contributed by atoms with E-state index in [0.717, 1.165) is 30.8 Å². The maximum absolute atomic E-state index is 4.53. The normalized spacial score (nSPS) is 20.7. The number of nitrogens with zero attached hydrogens (tertiary/aromatic N) is 3. The number of rotatable bonds is 5. The summed E-state index contributed by atoms with van der Waals surface area (Å²) in [5.41, 5.74) is 1.12. The molecule has 17 heavy (non-hydrogen) atoms. The summed E-state index contributed by atoms with van der Waals surface area (Å²) in [5.74, 6) is 0.747. The van der Waals surface area contributed by atoms with Gasteiger partial charge in [0.1, 0.15) is 0 Å². The molecule has 1 atom stereocenters. The molecule has 0 radical (unpaired) electrons. The fourth-order valence-corrected chi connectivity index (χ4v) is 2.50. The minimum atomic E-state index is 0.743. The molecule has 2 rings (SSSR count). The minimum absolute atomic E-state index is 0.743. The molecule has 0 bridgehead atoms. The van der Waals surface area contributed by atoms with Crippen molar-refractivity contribution in [3.8, 4) is 0 Å². The van der Waals surface area contributed by atoms with Gasteiger partial charge in [0, 0.05) is 25.3 Å². The zero-order chi connectivity index (χ0) is 12.1. The Morgan fingerprint density at radius 2 is 2.35 bits per heavy atom. The fraction of sp³-hybridized carbons (Fsp3) is 0.692. The van der Waals surface area contributed by atoms with Gasteiger partial charge >= 0.3 is 0 Å². The van der Waals surface area contributed by atoms with Crippen molar-refractivity contribution in [3.05, 3.63) is 18.0 Å². The SMILES string of the molecule is CCNc1nccc(CN2CCCC2CC)n1. The Morgan fingerprint density at radius 1 is 1.47 bits per heavy atom. The van der Waals surface area contributed by atoms with Crippen LogP contribution in [0.1, 0.15) is 38.8 Å². The quantitative estimate of drug-likeness (QED) is 0.848. The summed E-state index contributed by atoms with van der Waals surface area (Å²) < 4.78 is 0. The fourth-order valence-electron chi connectivity index (χ4n) is 2.50. The maximum Gasteiger partial charge on any atom is 0.222 e. The molecular weight excluding hydrogens is 212 g/mol. The third kappa shape index (κ3) is 3.16. The largest absolute Gasteiger partial charge is 0.354 e. The first-order valence-corrected chi connectivity index (χ1v) is 6.63. The topological polar surface area (TPSA) is 41.1 Å². The van der Waals surface area contributed by atoms with Crippen molar-refractivity contribution < 1.29 is 0 Å². The molecule has 4 nitrogen and oxygen atoms in total. The van der Waals surface area contributed by atoms with Crippen LogP contribution < -0.4 is 5.32 Å². The van der Waals surface area contributed by atoms with Gasteiger partial charge in [0.25, 0.3) is 0 Å². The highest BCUT2D eigenvalue weighted by atomic mass is 15.2. The van der Waals surface area contributed by atoms with Crippen molar-refractivity contribution in [3.63, 3.8) is 0 Å². The van der Waals surface area contributed by atoms with Crippen LogP contribution >= 0.6 is 0 Å². The van der Waals surface area contributed by atoms with Crippen LogP contribution in [0.4, 0.5) is 5.95 Å². The van der Waals surface area contributed by atoms with Crippen LogP contribution in [0.5, 0.6) is 0 Å². The smallest absolute Gasteiger partial charge is 0.222 e. The van der Waals surface area contributed by atoms with E-state index >= 15 is 0 Å². The molecule has 2 heterocycles. The average Bonchev–Trinajstić information content (AvgIpc) is 2.77. The molecule has 1 saturated heterocycles. The Bertz CT molecular complexity index is 353. The summed E-state index contributed by atoms with van der Waals surface area (Å²) >= 11 is 0. The molecule has 1 aliphatic heterocycles. The number of hydrogen-bond acceptors (Lipinski definition) is 4. The van der Waals surface area contributed by atoms with Gasteiger partial charge in [0.2, 0.25) is 5.95 Å². The number of nitrogens with one attached hydrogen (secondary N) is 1. The van der Waals surface area contributed by atoms with E-state index < -0.39 is 0 Å². The molecule has 1 unspecified atom stereocenters. The van der Waals surface area contributed by atoms with Crippen molar-refractivity contribution >= 4 is 5.95 Å². The van der Waals surface area contributed by atoms with Crippen LogP contribution in [0.15, 0.2) is 12.3 Å². The molecule has 1 aromatic heterocycles. The van der Waals surface area contributed by atoms with Crippen molar-refractivity contribution in [2.75, 3.05) is 18.4 Å². The first kappa shape index (κ1) is 12.3. The van der Waals surface area contributed by atoms with Crippen molar-refractivity contribution in [1.29, 1.82) is 0 Å². The summed E-state index contributed by atoms with van der Waals surface area (Å²) in [6.07, 6.45) is 5.74. The van der Waals surface area contributed by atoms with E-state index in [1.807, 2.05) is 12.3 Å². The Hall–Kier alpha value is -1.16. The average molecular weight is 234 g/mol. The Balaban J connectivity index is 2.00. The highest BCUT2D eigenvalue weighted by Gasteiger charge is 2.22. The van der Waals surface area contributed by atoms with Crippen LogP contribution in [0.3, 0.4) is 0 Å². The van der Waals surface area contributed by atoms with E-state index in [4.69, 9.17) is 0 Å². The number of hydrogen-bond donors (Lipinski definition) is 1. The molecule has 0 aromatic carbocycles. The summed E-state index contributed by atoms with van der Waals surface area (Å²) in [6.45, 7) is 7.36. The summed E-state index contributed by atoms with van der Waals surface area (Å²) in [6, 6.07) is 2.76. The van der Waals surface area contributed by atoms with Crippen LogP contribution in [0.2, 0.25) is 0 Å².